The van der Waals surface area contributed by atoms with Crippen LogP contribution in [0.25, 0.3) is 33.5 Å². The second-order valence-electron chi connectivity index (χ2n) is 7.85. The third-order valence-corrected chi connectivity index (χ3v) is 6.00. The predicted molar refractivity (Wildman–Crippen MR) is 112 cm³/mol. The zero-order chi connectivity index (χ0) is 19.3. The van der Waals surface area contributed by atoms with E-state index in [0.29, 0.717) is 6.04 Å². The molecule has 0 radical (unpaired) electrons. The Kier molecular flexibility index (Phi) is 3.97. The van der Waals surface area contributed by atoms with Gasteiger partial charge >= 0.3 is 5.69 Å². The van der Waals surface area contributed by atoms with Crippen LogP contribution in [0.3, 0.4) is 0 Å². The third-order valence-electron chi connectivity index (χ3n) is 6.00. The van der Waals surface area contributed by atoms with Gasteiger partial charge in [0.25, 0.3) is 0 Å². The van der Waals surface area contributed by atoms with Crippen LogP contribution in [0.4, 0.5) is 0 Å². The van der Waals surface area contributed by atoms with Gasteiger partial charge in [-0.05, 0) is 38.0 Å². The SMILES string of the molecule is Cc1cccc(-c2nc[nH]c2-c2ccc3c(c2)n(C)c(=O)n3C2CCCC2)c1. The highest BCUT2D eigenvalue weighted by molar-refractivity contribution is 5.86. The normalized spacial score (nSPS) is 14.9. The molecule has 2 aromatic carbocycles. The van der Waals surface area contributed by atoms with Crippen molar-refractivity contribution in [3.8, 4) is 22.5 Å². The number of aromatic amines is 1. The number of aryl methyl sites for hydroxylation is 2. The van der Waals surface area contributed by atoms with Crippen molar-refractivity contribution in [1.29, 1.82) is 0 Å². The summed E-state index contributed by atoms with van der Waals surface area (Å²) in [5, 5.41) is 0. The summed E-state index contributed by atoms with van der Waals surface area (Å²) in [4.78, 5) is 20.8. The van der Waals surface area contributed by atoms with Gasteiger partial charge in [-0.3, -0.25) is 9.13 Å². The van der Waals surface area contributed by atoms with E-state index >= 15 is 0 Å². The molecular weight excluding hydrogens is 348 g/mol. The standard InChI is InChI=1S/C23H24N4O/c1-15-6-5-7-16(12-15)21-22(25-14-24-21)17-10-11-19-20(13-17)26(2)23(28)27(19)18-8-3-4-9-18/h5-7,10-14,18H,3-4,8-9H2,1-2H3,(H,24,25). The minimum absolute atomic E-state index is 0.0857. The summed E-state index contributed by atoms with van der Waals surface area (Å²) >= 11 is 0. The van der Waals surface area contributed by atoms with Crippen LogP contribution in [0.5, 0.6) is 0 Å². The summed E-state index contributed by atoms with van der Waals surface area (Å²) in [5.41, 5.74) is 7.34. The molecule has 0 bridgehead atoms. The van der Waals surface area contributed by atoms with Crippen LogP contribution in [0.15, 0.2) is 53.6 Å². The Morgan fingerprint density at radius 3 is 2.64 bits per heavy atom. The molecule has 0 aliphatic heterocycles. The smallest absolute Gasteiger partial charge is 0.329 e. The van der Waals surface area contributed by atoms with Crippen molar-refractivity contribution in [2.45, 2.75) is 38.6 Å². The maximum atomic E-state index is 12.9. The highest BCUT2D eigenvalue weighted by Gasteiger charge is 2.23. The molecule has 1 aliphatic carbocycles. The Balaban J connectivity index is 1.65. The Morgan fingerprint density at radius 2 is 1.86 bits per heavy atom. The van der Waals surface area contributed by atoms with E-state index in [1.54, 1.807) is 10.9 Å². The summed E-state index contributed by atoms with van der Waals surface area (Å²) in [7, 11) is 1.87. The minimum Gasteiger partial charge on any atom is -0.344 e. The van der Waals surface area contributed by atoms with Gasteiger partial charge in [-0.2, -0.15) is 0 Å². The molecular formula is C23H24N4O. The van der Waals surface area contributed by atoms with Crippen LogP contribution in [0.1, 0.15) is 37.3 Å². The summed E-state index contributed by atoms with van der Waals surface area (Å²) in [6, 6.07) is 15.0. The predicted octanol–water partition coefficient (Wildman–Crippen LogP) is 4.82. The van der Waals surface area contributed by atoms with Gasteiger partial charge in [0, 0.05) is 24.2 Å². The molecule has 142 valence electrons. The van der Waals surface area contributed by atoms with Gasteiger partial charge < -0.3 is 4.98 Å². The third kappa shape index (κ3) is 2.61. The van der Waals surface area contributed by atoms with Crippen LogP contribution >= 0.6 is 0 Å². The van der Waals surface area contributed by atoms with Crippen LogP contribution in [-0.4, -0.2) is 19.1 Å². The highest BCUT2D eigenvalue weighted by atomic mass is 16.1. The fourth-order valence-corrected chi connectivity index (χ4v) is 4.56. The number of imidazole rings is 2. The Bertz CT molecular complexity index is 1220. The average molecular weight is 372 g/mol. The lowest BCUT2D eigenvalue weighted by molar-refractivity contribution is 0.509. The van der Waals surface area contributed by atoms with Gasteiger partial charge in [0.15, 0.2) is 0 Å². The fraction of sp³-hybridized carbons (Fsp3) is 0.304. The zero-order valence-electron chi connectivity index (χ0n) is 16.3. The lowest BCUT2D eigenvalue weighted by Gasteiger charge is -2.11. The van der Waals surface area contributed by atoms with Crippen molar-refractivity contribution < 1.29 is 0 Å². The van der Waals surface area contributed by atoms with Gasteiger partial charge in [0.2, 0.25) is 0 Å². The second kappa shape index (κ2) is 6.51. The average Bonchev–Trinajstić information content (AvgIpc) is 3.43. The molecule has 1 N–H and O–H groups in total. The molecule has 0 unspecified atom stereocenters. The molecule has 1 saturated carbocycles. The van der Waals surface area contributed by atoms with Crippen molar-refractivity contribution in [3.63, 3.8) is 0 Å². The van der Waals surface area contributed by atoms with E-state index in [2.05, 4.69) is 59.4 Å². The second-order valence-corrected chi connectivity index (χ2v) is 7.85. The van der Waals surface area contributed by atoms with Crippen LogP contribution in [0.2, 0.25) is 0 Å². The first-order chi connectivity index (χ1) is 13.6. The quantitative estimate of drug-likeness (QED) is 0.560. The lowest BCUT2D eigenvalue weighted by atomic mass is 10.0. The van der Waals surface area contributed by atoms with E-state index in [-0.39, 0.29) is 5.69 Å². The van der Waals surface area contributed by atoms with Gasteiger partial charge in [0.05, 0.1) is 28.7 Å². The largest absolute Gasteiger partial charge is 0.344 e. The van der Waals surface area contributed by atoms with Crippen molar-refractivity contribution in [1.82, 2.24) is 19.1 Å². The Hall–Kier alpha value is -3.08. The number of hydrogen-bond acceptors (Lipinski definition) is 2. The van der Waals surface area contributed by atoms with E-state index in [4.69, 9.17) is 0 Å². The number of benzene rings is 2. The summed E-state index contributed by atoms with van der Waals surface area (Å²) in [5.74, 6) is 0. The zero-order valence-corrected chi connectivity index (χ0v) is 16.3. The van der Waals surface area contributed by atoms with E-state index in [9.17, 15) is 4.79 Å². The first-order valence-electron chi connectivity index (χ1n) is 9.95. The van der Waals surface area contributed by atoms with Crippen molar-refractivity contribution in [3.05, 3.63) is 64.8 Å². The number of fused-ring (bicyclic) bond motifs is 1. The van der Waals surface area contributed by atoms with E-state index in [0.717, 1.165) is 46.4 Å². The molecule has 5 nitrogen and oxygen atoms in total. The van der Waals surface area contributed by atoms with Crippen molar-refractivity contribution >= 4 is 11.0 Å². The topological polar surface area (TPSA) is 55.6 Å². The number of H-pyrrole nitrogens is 1. The molecule has 5 rings (SSSR count). The summed E-state index contributed by atoms with van der Waals surface area (Å²) in [6.45, 7) is 2.09. The molecule has 0 spiro atoms. The van der Waals surface area contributed by atoms with Crippen LogP contribution in [-0.2, 0) is 7.05 Å². The van der Waals surface area contributed by atoms with Gasteiger partial charge in [-0.25, -0.2) is 9.78 Å². The van der Waals surface area contributed by atoms with E-state index < -0.39 is 0 Å². The number of hydrogen-bond donors (Lipinski definition) is 1. The molecule has 2 heterocycles. The number of rotatable bonds is 3. The Labute approximate surface area is 163 Å². The van der Waals surface area contributed by atoms with Gasteiger partial charge in [-0.1, -0.05) is 42.7 Å². The number of nitrogens with one attached hydrogen (secondary N) is 1. The molecule has 4 aromatic rings. The highest BCUT2D eigenvalue weighted by Crippen LogP contribution is 2.34. The first-order valence-corrected chi connectivity index (χ1v) is 9.95. The van der Waals surface area contributed by atoms with Gasteiger partial charge in [0.1, 0.15) is 0 Å². The maximum Gasteiger partial charge on any atom is 0.329 e. The summed E-state index contributed by atoms with van der Waals surface area (Å²) in [6.07, 6.45) is 6.34. The molecule has 2 aromatic heterocycles. The maximum absolute atomic E-state index is 12.9. The summed E-state index contributed by atoms with van der Waals surface area (Å²) < 4.78 is 3.78. The van der Waals surface area contributed by atoms with Crippen molar-refractivity contribution in [2.24, 2.45) is 7.05 Å². The van der Waals surface area contributed by atoms with Crippen LogP contribution in [0, 0.1) is 6.92 Å². The molecule has 0 atom stereocenters. The van der Waals surface area contributed by atoms with Gasteiger partial charge in [-0.15, -0.1) is 0 Å². The minimum atomic E-state index is 0.0857. The van der Waals surface area contributed by atoms with E-state index in [1.165, 1.54) is 18.4 Å². The molecule has 5 heteroatoms. The number of nitrogens with zero attached hydrogens (tertiary/aromatic N) is 3. The van der Waals surface area contributed by atoms with Crippen molar-refractivity contribution in [2.75, 3.05) is 0 Å². The fourth-order valence-electron chi connectivity index (χ4n) is 4.56. The molecule has 28 heavy (non-hydrogen) atoms. The first kappa shape index (κ1) is 17.0. The molecule has 1 fully saturated rings. The molecule has 1 aliphatic rings. The molecule has 0 amide bonds. The monoisotopic (exact) mass is 372 g/mol. The number of aromatic nitrogens is 4. The Morgan fingerprint density at radius 1 is 1.04 bits per heavy atom. The molecule has 0 saturated heterocycles. The van der Waals surface area contributed by atoms with Crippen LogP contribution < -0.4 is 5.69 Å². The van der Waals surface area contributed by atoms with E-state index in [1.807, 2.05) is 11.6 Å². The lowest BCUT2D eigenvalue weighted by Crippen LogP contribution is -2.24.